The molecule has 0 bridgehead atoms. The van der Waals surface area contributed by atoms with Crippen molar-refractivity contribution in [3.05, 3.63) is 48.0 Å². The van der Waals surface area contributed by atoms with E-state index < -0.39 is 0 Å². The van der Waals surface area contributed by atoms with E-state index in [0.717, 1.165) is 25.3 Å². The van der Waals surface area contributed by atoms with Gasteiger partial charge < -0.3 is 9.88 Å². The summed E-state index contributed by atoms with van der Waals surface area (Å²) in [6.45, 7) is 1.89. The van der Waals surface area contributed by atoms with Crippen LogP contribution in [0.1, 0.15) is 17.8 Å². The Morgan fingerprint density at radius 2 is 2.25 bits per heavy atom. The normalized spacial score (nSPS) is 18.4. The Kier molecular flexibility index (Phi) is 3.74. The zero-order valence-electron chi connectivity index (χ0n) is 12.2. The van der Waals surface area contributed by atoms with Crippen LogP contribution in [-0.4, -0.2) is 34.1 Å². The molecule has 2 heterocycles. The van der Waals surface area contributed by atoms with Gasteiger partial charge in [0.25, 0.3) is 0 Å². The monoisotopic (exact) mass is 270 g/mol. The minimum Gasteiger partial charge on any atom is -0.383 e. The molecule has 106 valence electrons. The first-order chi connectivity index (χ1) is 9.74. The second kappa shape index (κ2) is 5.67. The molecule has 1 unspecified atom stereocenters. The molecule has 4 heteroatoms. The topological polar surface area (TPSA) is 33.1 Å². The molecule has 0 amide bonds. The SMILES string of the molecule is CN(Cc1nccn1C)C1CCc2ccccc2NC1. The molecule has 1 aliphatic heterocycles. The van der Waals surface area contributed by atoms with Crippen LogP contribution in [0.5, 0.6) is 0 Å². The minimum absolute atomic E-state index is 0.541. The van der Waals surface area contributed by atoms with Crippen LogP contribution in [0.2, 0.25) is 0 Å². The highest BCUT2D eigenvalue weighted by atomic mass is 15.2. The number of likely N-dealkylation sites (N-methyl/N-ethyl adjacent to an activating group) is 1. The fraction of sp³-hybridized carbons (Fsp3) is 0.438. The van der Waals surface area contributed by atoms with Gasteiger partial charge in [0.2, 0.25) is 0 Å². The highest BCUT2D eigenvalue weighted by molar-refractivity contribution is 5.52. The van der Waals surface area contributed by atoms with E-state index in [0.29, 0.717) is 6.04 Å². The Morgan fingerprint density at radius 3 is 3.05 bits per heavy atom. The predicted molar refractivity (Wildman–Crippen MR) is 81.7 cm³/mol. The van der Waals surface area contributed by atoms with Crippen molar-refractivity contribution < 1.29 is 0 Å². The zero-order valence-corrected chi connectivity index (χ0v) is 12.2. The summed E-state index contributed by atoms with van der Waals surface area (Å²) in [7, 11) is 4.24. The molecular formula is C16H22N4. The summed E-state index contributed by atoms with van der Waals surface area (Å²) in [5.74, 6) is 1.12. The van der Waals surface area contributed by atoms with Crippen molar-refractivity contribution in [3.63, 3.8) is 0 Å². The molecule has 0 aliphatic carbocycles. The summed E-state index contributed by atoms with van der Waals surface area (Å²) >= 11 is 0. The van der Waals surface area contributed by atoms with E-state index in [2.05, 4.69) is 58.1 Å². The van der Waals surface area contributed by atoms with Crippen molar-refractivity contribution in [1.29, 1.82) is 0 Å². The summed E-state index contributed by atoms with van der Waals surface area (Å²) in [4.78, 5) is 6.82. The number of rotatable bonds is 3. The van der Waals surface area contributed by atoms with Gasteiger partial charge in [-0.05, 0) is 31.5 Å². The summed E-state index contributed by atoms with van der Waals surface area (Å²) in [6.07, 6.45) is 6.19. The lowest BCUT2D eigenvalue weighted by molar-refractivity contribution is 0.226. The van der Waals surface area contributed by atoms with Crippen molar-refractivity contribution in [2.45, 2.75) is 25.4 Å². The number of hydrogen-bond acceptors (Lipinski definition) is 3. The molecule has 2 aromatic rings. The average molecular weight is 270 g/mol. The third-order valence-electron chi connectivity index (χ3n) is 4.23. The fourth-order valence-electron chi connectivity index (χ4n) is 2.84. The zero-order chi connectivity index (χ0) is 13.9. The number of aromatic nitrogens is 2. The molecule has 4 nitrogen and oxygen atoms in total. The first kappa shape index (κ1) is 13.2. The number of para-hydroxylation sites is 1. The molecule has 0 fully saturated rings. The van der Waals surface area contributed by atoms with E-state index >= 15 is 0 Å². The van der Waals surface area contributed by atoms with E-state index in [9.17, 15) is 0 Å². The van der Waals surface area contributed by atoms with E-state index in [1.165, 1.54) is 17.7 Å². The van der Waals surface area contributed by atoms with Gasteiger partial charge in [-0.15, -0.1) is 0 Å². The van der Waals surface area contributed by atoms with Crippen molar-refractivity contribution in [3.8, 4) is 0 Å². The van der Waals surface area contributed by atoms with Crippen molar-refractivity contribution in [2.24, 2.45) is 7.05 Å². The van der Waals surface area contributed by atoms with Crippen LogP contribution in [0.25, 0.3) is 0 Å². The van der Waals surface area contributed by atoms with Gasteiger partial charge in [0.1, 0.15) is 5.82 Å². The van der Waals surface area contributed by atoms with Gasteiger partial charge in [0.05, 0.1) is 6.54 Å². The number of imidazole rings is 1. The molecule has 20 heavy (non-hydrogen) atoms. The third kappa shape index (κ3) is 2.70. The van der Waals surface area contributed by atoms with Gasteiger partial charge in [0.15, 0.2) is 0 Å². The Balaban J connectivity index is 1.66. The maximum absolute atomic E-state index is 4.41. The maximum Gasteiger partial charge on any atom is 0.122 e. The molecule has 0 saturated heterocycles. The van der Waals surface area contributed by atoms with Crippen LogP contribution in [-0.2, 0) is 20.0 Å². The van der Waals surface area contributed by atoms with Gasteiger partial charge in [-0.25, -0.2) is 4.98 Å². The molecule has 0 saturated carbocycles. The van der Waals surface area contributed by atoms with Gasteiger partial charge in [0, 0.05) is 37.7 Å². The Labute approximate surface area is 120 Å². The van der Waals surface area contributed by atoms with Gasteiger partial charge in [-0.3, -0.25) is 4.90 Å². The van der Waals surface area contributed by atoms with Crippen LogP contribution in [0.15, 0.2) is 36.7 Å². The summed E-state index contributed by atoms with van der Waals surface area (Å²) in [6, 6.07) is 9.17. The van der Waals surface area contributed by atoms with E-state index in [1.807, 2.05) is 12.4 Å². The van der Waals surface area contributed by atoms with Gasteiger partial charge in [-0.2, -0.15) is 0 Å². The van der Waals surface area contributed by atoms with E-state index in [4.69, 9.17) is 0 Å². The Morgan fingerprint density at radius 1 is 1.40 bits per heavy atom. The fourth-order valence-corrected chi connectivity index (χ4v) is 2.84. The molecular weight excluding hydrogens is 248 g/mol. The number of nitrogens with zero attached hydrogens (tertiary/aromatic N) is 3. The second-order valence-electron chi connectivity index (χ2n) is 5.60. The number of aryl methyl sites for hydroxylation is 2. The molecule has 3 rings (SSSR count). The van der Waals surface area contributed by atoms with E-state index in [-0.39, 0.29) is 0 Å². The molecule has 1 aliphatic rings. The van der Waals surface area contributed by atoms with Crippen LogP contribution in [0, 0.1) is 0 Å². The molecule has 1 N–H and O–H groups in total. The molecule has 0 radical (unpaired) electrons. The quantitative estimate of drug-likeness (QED) is 0.929. The maximum atomic E-state index is 4.41. The van der Waals surface area contributed by atoms with Crippen LogP contribution >= 0.6 is 0 Å². The van der Waals surface area contributed by atoms with Crippen molar-refractivity contribution in [2.75, 3.05) is 18.9 Å². The minimum atomic E-state index is 0.541. The van der Waals surface area contributed by atoms with Gasteiger partial charge in [-0.1, -0.05) is 18.2 Å². The summed E-state index contributed by atoms with van der Waals surface area (Å²) in [5, 5.41) is 3.58. The molecule has 1 aromatic heterocycles. The van der Waals surface area contributed by atoms with Crippen LogP contribution in [0.3, 0.4) is 0 Å². The number of hydrogen-bond donors (Lipinski definition) is 1. The highest BCUT2D eigenvalue weighted by Crippen LogP contribution is 2.22. The smallest absolute Gasteiger partial charge is 0.122 e. The summed E-state index contributed by atoms with van der Waals surface area (Å²) < 4.78 is 2.09. The predicted octanol–water partition coefficient (Wildman–Crippen LogP) is 2.28. The Hall–Kier alpha value is -1.81. The molecule has 1 atom stereocenters. The first-order valence-corrected chi connectivity index (χ1v) is 7.22. The van der Waals surface area contributed by atoms with Crippen molar-refractivity contribution in [1.82, 2.24) is 14.5 Å². The van der Waals surface area contributed by atoms with Gasteiger partial charge >= 0.3 is 0 Å². The highest BCUT2D eigenvalue weighted by Gasteiger charge is 2.20. The average Bonchev–Trinajstić information content (AvgIpc) is 2.75. The number of anilines is 1. The van der Waals surface area contributed by atoms with Crippen molar-refractivity contribution >= 4 is 5.69 Å². The molecule has 0 spiro atoms. The first-order valence-electron chi connectivity index (χ1n) is 7.22. The molecule has 1 aromatic carbocycles. The van der Waals surface area contributed by atoms with Crippen LogP contribution in [0.4, 0.5) is 5.69 Å². The lowest BCUT2D eigenvalue weighted by Gasteiger charge is -2.26. The van der Waals surface area contributed by atoms with E-state index in [1.54, 1.807) is 0 Å². The standard InChI is InChI=1S/C16H22N4/c1-19-10-9-17-16(19)12-20(2)14-8-7-13-5-3-4-6-15(13)18-11-14/h3-6,9-10,14,18H,7-8,11-12H2,1-2H3. The lowest BCUT2D eigenvalue weighted by atomic mass is 10.1. The number of fused-ring (bicyclic) bond motifs is 1. The second-order valence-corrected chi connectivity index (χ2v) is 5.60. The third-order valence-corrected chi connectivity index (χ3v) is 4.23. The number of nitrogens with one attached hydrogen (secondary N) is 1. The summed E-state index contributed by atoms with van der Waals surface area (Å²) in [5.41, 5.74) is 2.72. The number of benzene rings is 1. The Bertz CT molecular complexity index is 548. The van der Waals surface area contributed by atoms with Crippen LogP contribution < -0.4 is 5.32 Å². The largest absolute Gasteiger partial charge is 0.383 e. The lowest BCUT2D eigenvalue weighted by Crippen LogP contribution is -2.36.